The summed E-state index contributed by atoms with van der Waals surface area (Å²) in [5.41, 5.74) is 4.07. The lowest BCUT2D eigenvalue weighted by Gasteiger charge is -2.18. The third kappa shape index (κ3) is 2.22. The standard InChI is InChI=1S/C18H17NO/c1-13-10-16-12-19-18(20,17(16)11-14(13)2)9-8-15-6-4-3-5-7-15/h3-7,10-11,19-20H,12H2,1-2H3. The van der Waals surface area contributed by atoms with Gasteiger partial charge < -0.3 is 5.11 Å². The molecule has 0 spiro atoms. The first-order chi connectivity index (χ1) is 9.58. The molecule has 0 saturated carbocycles. The predicted molar refractivity (Wildman–Crippen MR) is 80.0 cm³/mol. The first kappa shape index (κ1) is 12.9. The molecule has 0 saturated heterocycles. The van der Waals surface area contributed by atoms with Crippen molar-refractivity contribution >= 4 is 0 Å². The summed E-state index contributed by atoms with van der Waals surface area (Å²) in [6, 6.07) is 13.9. The molecule has 2 heteroatoms. The van der Waals surface area contributed by atoms with Gasteiger partial charge in [0.25, 0.3) is 0 Å². The van der Waals surface area contributed by atoms with Gasteiger partial charge >= 0.3 is 0 Å². The topological polar surface area (TPSA) is 32.3 Å². The van der Waals surface area contributed by atoms with Gasteiger partial charge in [0.05, 0.1) is 0 Å². The molecule has 1 aliphatic heterocycles. The summed E-state index contributed by atoms with van der Waals surface area (Å²) < 4.78 is 0. The third-order valence-corrected chi connectivity index (χ3v) is 3.81. The van der Waals surface area contributed by atoms with E-state index < -0.39 is 5.72 Å². The van der Waals surface area contributed by atoms with E-state index in [1.54, 1.807) is 0 Å². The Kier molecular flexibility index (Phi) is 3.10. The molecule has 3 rings (SSSR count). The molecule has 0 amide bonds. The number of benzene rings is 2. The number of rotatable bonds is 0. The molecule has 2 aromatic rings. The van der Waals surface area contributed by atoms with Crippen LogP contribution in [0.1, 0.15) is 27.8 Å². The zero-order chi connectivity index (χ0) is 14.2. The molecular formula is C18H17NO. The molecule has 2 aromatic carbocycles. The van der Waals surface area contributed by atoms with E-state index >= 15 is 0 Å². The van der Waals surface area contributed by atoms with Crippen LogP contribution in [0.15, 0.2) is 42.5 Å². The highest BCUT2D eigenvalue weighted by Gasteiger charge is 2.35. The Balaban J connectivity index is 2.01. The van der Waals surface area contributed by atoms with Gasteiger partial charge in [0.1, 0.15) is 0 Å². The van der Waals surface area contributed by atoms with E-state index in [4.69, 9.17) is 0 Å². The highest BCUT2D eigenvalue weighted by atomic mass is 16.3. The summed E-state index contributed by atoms with van der Waals surface area (Å²) in [5, 5.41) is 13.8. The van der Waals surface area contributed by atoms with Gasteiger partial charge in [-0.15, -0.1) is 0 Å². The number of aryl methyl sites for hydroxylation is 2. The second-order valence-corrected chi connectivity index (χ2v) is 5.27. The molecule has 1 heterocycles. The minimum Gasteiger partial charge on any atom is -0.361 e. The monoisotopic (exact) mass is 263 g/mol. The van der Waals surface area contributed by atoms with Crippen molar-refractivity contribution in [2.45, 2.75) is 26.1 Å². The number of hydrogen-bond donors (Lipinski definition) is 2. The molecule has 20 heavy (non-hydrogen) atoms. The molecule has 0 fully saturated rings. The second-order valence-electron chi connectivity index (χ2n) is 5.27. The van der Waals surface area contributed by atoms with Crippen LogP contribution in [-0.4, -0.2) is 5.11 Å². The fourth-order valence-electron chi connectivity index (χ4n) is 2.47. The Labute approximate surface area is 119 Å². The van der Waals surface area contributed by atoms with Crippen molar-refractivity contribution in [1.29, 1.82) is 0 Å². The first-order valence-corrected chi connectivity index (χ1v) is 6.75. The van der Waals surface area contributed by atoms with E-state index in [0.29, 0.717) is 6.54 Å². The van der Waals surface area contributed by atoms with Crippen LogP contribution in [0.4, 0.5) is 0 Å². The van der Waals surface area contributed by atoms with Crippen molar-refractivity contribution in [2.75, 3.05) is 0 Å². The number of aliphatic hydroxyl groups is 1. The molecule has 0 aliphatic carbocycles. The summed E-state index contributed by atoms with van der Waals surface area (Å²) in [7, 11) is 0. The minimum atomic E-state index is -1.25. The summed E-state index contributed by atoms with van der Waals surface area (Å²) in [4.78, 5) is 0. The molecule has 0 aromatic heterocycles. The molecule has 1 aliphatic rings. The van der Waals surface area contributed by atoms with Crippen LogP contribution in [0.25, 0.3) is 0 Å². The highest BCUT2D eigenvalue weighted by molar-refractivity contribution is 5.48. The van der Waals surface area contributed by atoms with Crippen molar-refractivity contribution in [3.63, 3.8) is 0 Å². The molecular weight excluding hydrogens is 246 g/mol. The lowest BCUT2D eigenvalue weighted by molar-refractivity contribution is 0.0734. The third-order valence-electron chi connectivity index (χ3n) is 3.81. The van der Waals surface area contributed by atoms with Gasteiger partial charge in [0.2, 0.25) is 5.72 Å². The van der Waals surface area contributed by atoms with E-state index in [9.17, 15) is 5.11 Å². The average molecular weight is 263 g/mol. The predicted octanol–water partition coefficient (Wildman–Crippen LogP) is 2.60. The maximum absolute atomic E-state index is 10.7. The maximum Gasteiger partial charge on any atom is 0.207 e. The van der Waals surface area contributed by atoms with Crippen molar-refractivity contribution in [3.8, 4) is 11.8 Å². The van der Waals surface area contributed by atoms with Crippen LogP contribution >= 0.6 is 0 Å². The molecule has 0 radical (unpaired) electrons. The molecule has 1 unspecified atom stereocenters. The van der Waals surface area contributed by atoms with Crippen LogP contribution in [-0.2, 0) is 12.3 Å². The summed E-state index contributed by atoms with van der Waals surface area (Å²) >= 11 is 0. The van der Waals surface area contributed by atoms with Gasteiger partial charge in [0.15, 0.2) is 0 Å². The number of hydrogen-bond acceptors (Lipinski definition) is 2. The Hall–Kier alpha value is -2.08. The summed E-state index contributed by atoms with van der Waals surface area (Å²) in [5.74, 6) is 6.01. The SMILES string of the molecule is Cc1cc2c(cc1C)C(O)(C#Cc1ccccc1)NC2. The summed E-state index contributed by atoms with van der Waals surface area (Å²) in [6.45, 7) is 4.79. The highest BCUT2D eigenvalue weighted by Crippen LogP contribution is 2.30. The van der Waals surface area contributed by atoms with E-state index in [-0.39, 0.29) is 0 Å². The zero-order valence-electron chi connectivity index (χ0n) is 11.7. The van der Waals surface area contributed by atoms with Crippen LogP contribution < -0.4 is 5.32 Å². The van der Waals surface area contributed by atoms with E-state index in [1.165, 1.54) is 11.1 Å². The Morgan fingerprint density at radius 3 is 2.55 bits per heavy atom. The minimum absolute atomic E-state index is 0.649. The average Bonchev–Trinajstić information content (AvgIpc) is 2.76. The van der Waals surface area contributed by atoms with Crippen molar-refractivity contribution in [2.24, 2.45) is 0 Å². The van der Waals surface area contributed by atoms with Gasteiger partial charge in [-0.3, -0.25) is 5.32 Å². The fourth-order valence-corrected chi connectivity index (χ4v) is 2.47. The van der Waals surface area contributed by atoms with Crippen molar-refractivity contribution in [3.05, 3.63) is 70.3 Å². The fraction of sp³-hybridized carbons (Fsp3) is 0.222. The van der Waals surface area contributed by atoms with E-state index in [1.807, 2.05) is 36.4 Å². The van der Waals surface area contributed by atoms with E-state index in [0.717, 1.165) is 16.7 Å². The Bertz CT molecular complexity index is 709. The van der Waals surface area contributed by atoms with Gasteiger partial charge in [0, 0.05) is 17.7 Å². The van der Waals surface area contributed by atoms with Crippen LogP contribution in [0, 0.1) is 25.7 Å². The van der Waals surface area contributed by atoms with E-state index in [2.05, 4.69) is 37.1 Å². The van der Waals surface area contributed by atoms with Crippen LogP contribution in [0.5, 0.6) is 0 Å². The largest absolute Gasteiger partial charge is 0.361 e. The Morgan fingerprint density at radius 1 is 1.10 bits per heavy atom. The van der Waals surface area contributed by atoms with Crippen molar-refractivity contribution in [1.82, 2.24) is 5.32 Å². The molecule has 2 N–H and O–H groups in total. The second kappa shape index (κ2) is 4.79. The zero-order valence-corrected chi connectivity index (χ0v) is 11.7. The summed E-state index contributed by atoms with van der Waals surface area (Å²) in [6.07, 6.45) is 0. The van der Waals surface area contributed by atoms with Gasteiger partial charge in [-0.05, 0) is 48.6 Å². The van der Waals surface area contributed by atoms with Gasteiger partial charge in [-0.25, -0.2) is 0 Å². The normalized spacial score (nSPS) is 20.1. The maximum atomic E-state index is 10.7. The molecule has 1 atom stereocenters. The van der Waals surface area contributed by atoms with Crippen LogP contribution in [0.2, 0.25) is 0 Å². The van der Waals surface area contributed by atoms with Crippen LogP contribution in [0.3, 0.4) is 0 Å². The lowest BCUT2D eigenvalue weighted by atomic mass is 9.96. The quantitative estimate of drug-likeness (QED) is 0.716. The molecule has 100 valence electrons. The molecule has 2 nitrogen and oxygen atoms in total. The van der Waals surface area contributed by atoms with Gasteiger partial charge in [-0.1, -0.05) is 36.3 Å². The smallest absolute Gasteiger partial charge is 0.207 e. The van der Waals surface area contributed by atoms with Crippen molar-refractivity contribution < 1.29 is 5.11 Å². The Morgan fingerprint density at radius 2 is 1.80 bits per heavy atom. The van der Waals surface area contributed by atoms with Gasteiger partial charge in [-0.2, -0.15) is 0 Å². The molecule has 0 bridgehead atoms. The lowest BCUT2D eigenvalue weighted by Crippen LogP contribution is -2.34. The number of fused-ring (bicyclic) bond motifs is 1. The first-order valence-electron chi connectivity index (χ1n) is 6.75. The number of nitrogens with one attached hydrogen (secondary N) is 1.